The maximum Gasteiger partial charge on any atom is 0.390 e. The van der Waals surface area contributed by atoms with Crippen molar-refractivity contribution in [1.82, 2.24) is 9.91 Å². The maximum absolute atomic E-state index is 13.6. The van der Waals surface area contributed by atoms with Crippen LogP contribution in [0.15, 0.2) is 53.6 Å². The Balaban J connectivity index is 1.40. The van der Waals surface area contributed by atoms with Crippen molar-refractivity contribution in [1.29, 1.82) is 0 Å². The third kappa shape index (κ3) is 7.13. The summed E-state index contributed by atoms with van der Waals surface area (Å²) in [6, 6.07) is 13.8. The van der Waals surface area contributed by atoms with Crippen LogP contribution in [0.5, 0.6) is 11.5 Å². The summed E-state index contributed by atoms with van der Waals surface area (Å²) in [7, 11) is 3.32. The van der Waals surface area contributed by atoms with Crippen LogP contribution in [0.25, 0.3) is 0 Å². The van der Waals surface area contributed by atoms with Gasteiger partial charge in [-0.15, -0.1) is 0 Å². The molecule has 1 radical (unpaired) electrons. The molecule has 0 atom stereocenters. The van der Waals surface area contributed by atoms with E-state index >= 15 is 0 Å². The van der Waals surface area contributed by atoms with Crippen molar-refractivity contribution in [2.24, 2.45) is 5.10 Å². The summed E-state index contributed by atoms with van der Waals surface area (Å²) in [5.74, 6) is 0.0517. The van der Waals surface area contributed by atoms with Crippen molar-refractivity contribution in [3.8, 4) is 11.5 Å². The molecule has 8 nitrogen and oxygen atoms in total. The summed E-state index contributed by atoms with van der Waals surface area (Å²) in [5.41, 5.74) is 1.70. The Morgan fingerprint density at radius 2 is 1.82 bits per heavy atom. The van der Waals surface area contributed by atoms with Gasteiger partial charge in [-0.2, -0.15) is 9.68 Å². The van der Waals surface area contributed by atoms with Crippen molar-refractivity contribution in [3.63, 3.8) is 0 Å². The first-order valence-corrected chi connectivity index (χ1v) is 10.9. The molecule has 0 aliphatic carbocycles. The highest BCUT2D eigenvalue weighted by molar-refractivity contribution is 6.34. The highest BCUT2D eigenvalue weighted by atomic mass is 19.1. The molecule has 3 rings (SSSR count). The minimum Gasteiger partial charge on any atom is -0.492 e. The lowest BCUT2D eigenvalue weighted by Crippen LogP contribution is -2.37. The molecule has 0 saturated heterocycles. The van der Waals surface area contributed by atoms with Crippen LogP contribution in [0.3, 0.4) is 0 Å². The Labute approximate surface area is 198 Å². The molecule has 0 bridgehead atoms. The number of nitrogens with zero attached hydrogens (tertiary/aromatic N) is 4. The second-order valence-corrected chi connectivity index (χ2v) is 7.85. The molecule has 9 heteroatoms. The molecule has 1 heterocycles. The zero-order valence-electron chi connectivity index (χ0n) is 19.6. The molecule has 179 valence electrons. The number of benzene rings is 2. The summed E-state index contributed by atoms with van der Waals surface area (Å²) >= 11 is 0. The first-order chi connectivity index (χ1) is 16.3. The predicted octanol–water partition coefficient (Wildman–Crippen LogP) is 2.51. The Bertz CT molecular complexity index is 1070. The molecule has 0 saturated carbocycles. The molecule has 0 aromatic heterocycles. The number of para-hydroxylation sites is 1. The number of likely N-dealkylation sites (N-methyl/N-ethyl adjacent to an activating group) is 1. The molecule has 2 aromatic carbocycles. The van der Waals surface area contributed by atoms with E-state index < -0.39 is 5.82 Å². The average molecular weight is 469 g/mol. The van der Waals surface area contributed by atoms with Gasteiger partial charge in [0.2, 0.25) is 11.6 Å². The van der Waals surface area contributed by atoms with Crippen molar-refractivity contribution in [3.05, 3.63) is 66.5 Å². The number of hydrazone groups is 1. The maximum atomic E-state index is 13.6. The SMILES string of the molecule is Cc1ccc(OCCN(C)C(=O)CN2[CH]C(=[N+](C)C(=O)CCOc3ccccc3F)C=N2)cc1. The van der Waals surface area contributed by atoms with E-state index in [1.165, 1.54) is 27.9 Å². The van der Waals surface area contributed by atoms with Gasteiger partial charge in [-0.3, -0.25) is 9.80 Å². The number of amides is 2. The van der Waals surface area contributed by atoms with Crippen LogP contribution >= 0.6 is 0 Å². The van der Waals surface area contributed by atoms with Gasteiger partial charge in [0, 0.05) is 7.05 Å². The van der Waals surface area contributed by atoms with E-state index in [0.717, 1.165) is 11.3 Å². The van der Waals surface area contributed by atoms with Gasteiger partial charge in [0.05, 0.1) is 6.54 Å². The lowest BCUT2D eigenvalue weighted by Gasteiger charge is -2.20. The number of carbonyl (C=O) groups is 2. The quantitative estimate of drug-likeness (QED) is 0.501. The van der Waals surface area contributed by atoms with Crippen LogP contribution in [-0.4, -0.2) is 78.6 Å². The van der Waals surface area contributed by atoms with Gasteiger partial charge >= 0.3 is 5.91 Å². The fourth-order valence-electron chi connectivity index (χ4n) is 3.05. The summed E-state index contributed by atoms with van der Waals surface area (Å²) < 4.78 is 26.0. The number of carbonyl (C=O) groups excluding carboxylic acids is 2. The third-order valence-corrected chi connectivity index (χ3v) is 5.23. The molecular weight excluding hydrogens is 439 g/mol. The lowest BCUT2D eigenvalue weighted by atomic mass is 10.2. The first-order valence-electron chi connectivity index (χ1n) is 10.9. The van der Waals surface area contributed by atoms with Gasteiger partial charge in [-0.1, -0.05) is 29.8 Å². The van der Waals surface area contributed by atoms with Crippen LogP contribution in [0, 0.1) is 19.3 Å². The van der Waals surface area contributed by atoms with E-state index in [-0.39, 0.29) is 37.1 Å². The van der Waals surface area contributed by atoms with Crippen LogP contribution in [0.2, 0.25) is 0 Å². The molecule has 0 N–H and O–H groups in total. The zero-order chi connectivity index (χ0) is 24.5. The molecule has 34 heavy (non-hydrogen) atoms. The normalized spacial score (nSPS) is 14.2. The van der Waals surface area contributed by atoms with Gasteiger partial charge < -0.3 is 14.4 Å². The fourth-order valence-corrected chi connectivity index (χ4v) is 3.05. The number of hydrogen-bond donors (Lipinski definition) is 0. The number of hydrogen-bond acceptors (Lipinski definition) is 6. The molecule has 0 spiro atoms. The van der Waals surface area contributed by atoms with Crippen molar-refractivity contribution in [2.45, 2.75) is 13.3 Å². The number of halogens is 1. The Morgan fingerprint density at radius 1 is 1.09 bits per heavy atom. The van der Waals surface area contributed by atoms with E-state index in [1.807, 2.05) is 31.2 Å². The van der Waals surface area contributed by atoms with Gasteiger partial charge in [-0.25, -0.2) is 9.18 Å². The molecule has 2 amide bonds. The molecule has 1 aliphatic heterocycles. The Morgan fingerprint density at radius 3 is 2.56 bits per heavy atom. The monoisotopic (exact) mass is 468 g/mol. The van der Waals surface area contributed by atoms with E-state index in [2.05, 4.69) is 5.10 Å². The zero-order valence-corrected chi connectivity index (χ0v) is 19.6. The van der Waals surface area contributed by atoms with Gasteiger partial charge in [0.25, 0.3) is 0 Å². The largest absolute Gasteiger partial charge is 0.492 e. The van der Waals surface area contributed by atoms with Crippen LogP contribution in [0.4, 0.5) is 4.39 Å². The first kappa shape index (κ1) is 24.9. The summed E-state index contributed by atoms with van der Waals surface area (Å²) in [6.45, 7) is 4.53. The molecule has 2 aromatic rings. The van der Waals surface area contributed by atoms with E-state index in [1.54, 1.807) is 37.7 Å². The van der Waals surface area contributed by atoms with E-state index in [4.69, 9.17) is 9.47 Å². The fraction of sp³-hybridized carbons (Fsp3) is 0.320. The summed E-state index contributed by atoms with van der Waals surface area (Å²) in [5, 5.41) is 5.66. The molecule has 0 unspecified atom stereocenters. The van der Waals surface area contributed by atoms with Crippen LogP contribution in [-0.2, 0) is 9.59 Å². The predicted molar refractivity (Wildman–Crippen MR) is 127 cm³/mol. The average Bonchev–Trinajstić information content (AvgIpc) is 3.29. The Hall–Kier alpha value is -3.75. The van der Waals surface area contributed by atoms with Crippen LogP contribution < -0.4 is 9.47 Å². The topological polar surface area (TPSA) is 74.5 Å². The van der Waals surface area contributed by atoms with E-state index in [9.17, 15) is 14.0 Å². The molecule has 0 fully saturated rings. The molecule has 1 aliphatic rings. The minimum absolute atomic E-state index is 0.0411. The van der Waals surface area contributed by atoms with Crippen molar-refractivity contribution in [2.75, 3.05) is 40.4 Å². The number of rotatable bonds is 10. The van der Waals surface area contributed by atoms with Gasteiger partial charge in [-0.05, 0) is 31.2 Å². The minimum atomic E-state index is -0.471. The number of ether oxygens (including phenoxy) is 2. The second-order valence-electron chi connectivity index (χ2n) is 7.85. The standard InChI is InChI=1S/C25H29FN4O4/c1-19-8-10-21(11-9-19)33-15-13-28(2)25(32)18-30-17-20(16-27-30)29(3)24(31)12-14-34-23-7-5-4-6-22(23)26/h4-11,16-17H,12-15,18H2,1-3H3/q+1. The van der Waals surface area contributed by atoms with E-state index in [0.29, 0.717) is 18.9 Å². The smallest absolute Gasteiger partial charge is 0.390 e. The highest BCUT2D eigenvalue weighted by Gasteiger charge is 2.27. The molecular formula is C25H29FN4O4+. The van der Waals surface area contributed by atoms with Gasteiger partial charge in [0.15, 0.2) is 18.1 Å². The Kier molecular flexibility index (Phi) is 8.73. The van der Waals surface area contributed by atoms with Crippen LogP contribution in [0.1, 0.15) is 12.0 Å². The summed E-state index contributed by atoms with van der Waals surface area (Å²) in [4.78, 5) is 26.5. The van der Waals surface area contributed by atoms with Crippen molar-refractivity contribution >= 4 is 23.7 Å². The highest BCUT2D eigenvalue weighted by Crippen LogP contribution is 2.15. The van der Waals surface area contributed by atoms with Gasteiger partial charge in [0.1, 0.15) is 45.2 Å². The number of aryl methyl sites for hydroxylation is 1. The van der Waals surface area contributed by atoms with Crippen molar-refractivity contribution < 1.29 is 28.0 Å². The summed E-state index contributed by atoms with van der Waals surface area (Å²) in [6.07, 6.45) is 1.59. The lowest BCUT2D eigenvalue weighted by molar-refractivity contribution is -0.417. The third-order valence-electron chi connectivity index (χ3n) is 5.23. The second kappa shape index (κ2) is 11.9.